The van der Waals surface area contributed by atoms with Crippen LogP contribution in [0.2, 0.25) is 0 Å². The summed E-state index contributed by atoms with van der Waals surface area (Å²) >= 11 is 3.32. The maximum absolute atomic E-state index is 14.4. The van der Waals surface area contributed by atoms with Crippen LogP contribution in [0.3, 0.4) is 0 Å². The van der Waals surface area contributed by atoms with Crippen molar-refractivity contribution in [3.05, 3.63) is 34.1 Å². The summed E-state index contributed by atoms with van der Waals surface area (Å²) in [5.41, 5.74) is 0.824. The maximum Gasteiger partial charge on any atom is 0.142 e. The normalized spacial score (nSPS) is 24.0. The van der Waals surface area contributed by atoms with E-state index in [0.717, 1.165) is 18.0 Å². The standard InChI is InChI=1S/C18H27BrFN/c1-3-6-13-9-11-14(12-10-13)18(21-4-2)15-7-5-8-16(19)17(15)20/h5,7-8,13-14,18,21H,3-4,6,9-12H2,1-2H3. The number of halogens is 2. The van der Waals surface area contributed by atoms with Crippen molar-refractivity contribution < 1.29 is 4.39 Å². The second-order valence-electron chi connectivity index (χ2n) is 6.25. The highest BCUT2D eigenvalue weighted by molar-refractivity contribution is 9.10. The highest BCUT2D eigenvalue weighted by Crippen LogP contribution is 2.39. The number of rotatable bonds is 6. The van der Waals surface area contributed by atoms with Gasteiger partial charge >= 0.3 is 0 Å². The van der Waals surface area contributed by atoms with Crippen molar-refractivity contribution in [3.8, 4) is 0 Å². The van der Waals surface area contributed by atoms with Crippen molar-refractivity contribution in [2.45, 2.75) is 58.4 Å². The first-order valence-electron chi connectivity index (χ1n) is 8.34. The fourth-order valence-electron chi connectivity index (χ4n) is 3.73. The number of nitrogens with one attached hydrogen (secondary N) is 1. The molecule has 0 aliphatic heterocycles. The molecule has 0 amide bonds. The molecule has 21 heavy (non-hydrogen) atoms. The highest BCUT2D eigenvalue weighted by Gasteiger charge is 2.29. The van der Waals surface area contributed by atoms with Gasteiger partial charge in [-0.15, -0.1) is 0 Å². The van der Waals surface area contributed by atoms with E-state index in [9.17, 15) is 4.39 Å². The van der Waals surface area contributed by atoms with Crippen molar-refractivity contribution >= 4 is 15.9 Å². The molecule has 3 heteroatoms. The molecule has 0 radical (unpaired) electrons. The predicted molar refractivity (Wildman–Crippen MR) is 90.9 cm³/mol. The first-order chi connectivity index (χ1) is 10.2. The summed E-state index contributed by atoms with van der Waals surface area (Å²) in [5, 5.41) is 3.52. The van der Waals surface area contributed by atoms with Crippen LogP contribution in [-0.2, 0) is 0 Å². The molecule has 1 atom stereocenters. The Morgan fingerprint density at radius 1 is 1.24 bits per heavy atom. The monoisotopic (exact) mass is 355 g/mol. The lowest BCUT2D eigenvalue weighted by atomic mass is 9.75. The molecule has 0 saturated heterocycles. The van der Waals surface area contributed by atoms with Gasteiger partial charge in [0.05, 0.1) is 4.47 Å². The number of hydrogen-bond acceptors (Lipinski definition) is 1. The molecule has 1 saturated carbocycles. The van der Waals surface area contributed by atoms with E-state index in [1.807, 2.05) is 12.1 Å². The second-order valence-corrected chi connectivity index (χ2v) is 7.10. The Hall–Kier alpha value is -0.410. The Morgan fingerprint density at radius 3 is 2.57 bits per heavy atom. The third kappa shape index (κ3) is 4.29. The zero-order chi connectivity index (χ0) is 15.2. The predicted octanol–water partition coefficient (Wildman–Crippen LogP) is 5.85. The fourth-order valence-corrected chi connectivity index (χ4v) is 4.11. The van der Waals surface area contributed by atoms with Gasteiger partial charge in [0.2, 0.25) is 0 Å². The van der Waals surface area contributed by atoms with Gasteiger partial charge in [-0.1, -0.05) is 51.7 Å². The largest absolute Gasteiger partial charge is 0.310 e. The zero-order valence-electron chi connectivity index (χ0n) is 13.2. The summed E-state index contributed by atoms with van der Waals surface area (Å²) in [7, 11) is 0. The van der Waals surface area contributed by atoms with E-state index in [4.69, 9.17) is 0 Å². The van der Waals surface area contributed by atoms with Crippen LogP contribution in [0.5, 0.6) is 0 Å². The van der Waals surface area contributed by atoms with Crippen LogP contribution in [0.1, 0.15) is 64.0 Å². The molecule has 0 heterocycles. The molecule has 1 aliphatic rings. The Balaban J connectivity index is 2.11. The van der Waals surface area contributed by atoms with Crippen LogP contribution in [0, 0.1) is 17.7 Å². The molecule has 0 bridgehead atoms. The van der Waals surface area contributed by atoms with Crippen molar-refractivity contribution in [1.29, 1.82) is 0 Å². The van der Waals surface area contributed by atoms with Gasteiger partial charge in [0.1, 0.15) is 5.82 Å². The average Bonchev–Trinajstić information content (AvgIpc) is 2.49. The van der Waals surface area contributed by atoms with E-state index in [2.05, 4.69) is 35.1 Å². The molecular weight excluding hydrogens is 329 g/mol. The summed E-state index contributed by atoms with van der Waals surface area (Å²) in [6, 6.07) is 5.80. The molecule has 1 nitrogen and oxygen atoms in total. The second kappa shape index (κ2) is 8.28. The third-order valence-electron chi connectivity index (χ3n) is 4.80. The van der Waals surface area contributed by atoms with Crippen LogP contribution in [0.15, 0.2) is 22.7 Å². The SMILES string of the molecule is CCCC1CCC(C(NCC)c2cccc(Br)c2F)CC1. The van der Waals surface area contributed by atoms with E-state index < -0.39 is 0 Å². The van der Waals surface area contributed by atoms with Gasteiger partial charge in [0, 0.05) is 11.6 Å². The zero-order valence-corrected chi connectivity index (χ0v) is 14.8. The summed E-state index contributed by atoms with van der Waals surface area (Å²) < 4.78 is 15.0. The van der Waals surface area contributed by atoms with Crippen LogP contribution in [-0.4, -0.2) is 6.54 Å². The van der Waals surface area contributed by atoms with Gasteiger partial charge in [0.15, 0.2) is 0 Å². The number of hydrogen-bond donors (Lipinski definition) is 1. The van der Waals surface area contributed by atoms with E-state index in [-0.39, 0.29) is 11.9 Å². The van der Waals surface area contributed by atoms with E-state index in [1.165, 1.54) is 38.5 Å². The molecule has 2 rings (SSSR count). The Kier molecular flexibility index (Phi) is 6.69. The fraction of sp³-hybridized carbons (Fsp3) is 0.667. The van der Waals surface area contributed by atoms with Crippen molar-refractivity contribution in [1.82, 2.24) is 5.32 Å². The Bertz CT molecular complexity index is 441. The van der Waals surface area contributed by atoms with Crippen LogP contribution >= 0.6 is 15.9 Å². The average molecular weight is 356 g/mol. The Labute approximate surface area is 136 Å². The summed E-state index contributed by atoms with van der Waals surface area (Å²) in [6.45, 7) is 5.25. The molecule has 1 N–H and O–H groups in total. The molecule has 1 aromatic carbocycles. The summed E-state index contributed by atoms with van der Waals surface area (Å²) in [4.78, 5) is 0. The van der Waals surface area contributed by atoms with Gasteiger partial charge in [-0.25, -0.2) is 4.39 Å². The lowest BCUT2D eigenvalue weighted by Gasteiger charge is -2.35. The molecule has 0 spiro atoms. The van der Waals surface area contributed by atoms with Gasteiger partial charge in [0.25, 0.3) is 0 Å². The van der Waals surface area contributed by atoms with Crippen LogP contribution in [0.25, 0.3) is 0 Å². The number of benzene rings is 1. The lowest BCUT2D eigenvalue weighted by molar-refractivity contribution is 0.213. The van der Waals surface area contributed by atoms with Crippen molar-refractivity contribution in [3.63, 3.8) is 0 Å². The van der Waals surface area contributed by atoms with Crippen LogP contribution in [0.4, 0.5) is 4.39 Å². The highest BCUT2D eigenvalue weighted by atomic mass is 79.9. The summed E-state index contributed by atoms with van der Waals surface area (Å²) in [5.74, 6) is 1.35. The molecule has 1 aliphatic carbocycles. The molecule has 1 fully saturated rings. The van der Waals surface area contributed by atoms with Crippen molar-refractivity contribution in [2.24, 2.45) is 11.8 Å². The third-order valence-corrected chi connectivity index (χ3v) is 5.41. The van der Waals surface area contributed by atoms with E-state index in [1.54, 1.807) is 6.07 Å². The van der Waals surface area contributed by atoms with Gasteiger partial charge in [-0.2, -0.15) is 0 Å². The van der Waals surface area contributed by atoms with Crippen LogP contribution < -0.4 is 5.32 Å². The van der Waals surface area contributed by atoms with Gasteiger partial charge in [-0.3, -0.25) is 0 Å². The first kappa shape index (κ1) is 17.0. The maximum atomic E-state index is 14.4. The molecule has 1 unspecified atom stereocenters. The van der Waals surface area contributed by atoms with Gasteiger partial charge in [-0.05, 0) is 53.2 Å². The van der Waals surface area contributed by atoms with Gasteiger partial charge < -0.3 is 5.32 Å². The first-order valence-corrected chi connectivity index (χ1v) is 9.13. The molecule has 1 aromatic rings. The minimum absolute atomic E-state index is 0.0980. The molecule has 0 aromatic heterocycles. The van der Waals surface area contributed by atoms with Crippen molar-refractivity contribution in [2.75, 3.05) is 6.54 Å². The quantitative estimate of drug-likeness (QED) is 0.675. The smallest absolute Gasteiger partial charge is 0.142 e. The lowest BCUT2D eigenvalue weighted by Crippen LogP contribution is -2.31. The molecular formula is C18H27BrFN. The summed E-state index contributed by atoms with van der Waals surface area (Å²) in [6.07, 6.45) is 7.67. The molecule has 118 valence electrons. The minimum Gasteiger partial charge on any atom is -0.310 e. The minimum atomic E-state index is -0.0980. The van der Waals surface area contributed by atoms with E-state index >= 15 is 0 Å². The van der Waals surface area contributed by atoms with E-state index in [0.29, 0.717) is 10.4 Å². The topological polar surface area (TPSA) is 12.0 Å². The Morgan fingerprint density at radius 2 is 1.95 bits per heavy atom.